The Morgan fingerprint density at radius 2 is 1.62 bits per heavy atom. The summed E-state index contributed by atoms with van der Waals surface area (Å²) in [6, 6.07) is 0.113. The van der Waals surface area contributed by atoms with Crippen molar-refractivity contribution in [3.63, 3.8) is 0 Å². The topological polar surface area (TPSA) is 107 Å². The third kappa shape index (κ3) is 3.12. The van der Waals surface area contributed by atoms with Gasteiger partial charge in [0.25, 0.3) is 5.95 Å². The molecule has 9 heteroatoms. The minimum atomic E-state index is -0.682. The molecule has 0 saturated carbocycles. The van der Waals surface area contributed by atoms with Gasteiger partial charge in [0.1, 0.15) is 0 Å². The SMILES string of the molecule is COC(=O)NNc1nc(OC)nc(OC)n1. The molecule has 0 aromatic carbocycles. The second-order valence-electron chi connectivity index (χ2n) is 2.37. The van der Waals surface area contributed by atoms with Crippen molar-refractivity contribution < 1.29 is 19.0 Å². The van der Waals surface area contributed by atoms with Gasteiger partial charge in [-0.2, -0.15) is 9.97 Å². The molecule has 0 atom stereocenters. The fourth-order valence-corrected chi connectivity index (χ4v) is 0.734. The molecule has 0 bridgehead atoms. The lowest BCUT2D eigenvalue weighted by Crippen LogP contribution is -2.30. The summed E-state index contributed by atoms with van der Waals surface area (Å²) in [6.45, 7) is 0. The Morgan fingerprint density at radius 3 is 2.06 bits per heavy atom. The van der Waals surface area contributed by atoms with Gasteiger partial charge in [0, 0.05) is 0 Å². The fourth-order valence-electron chi connectivity index (χ4n) is 0.734. The van der Waals surface area contributed by atoms with Gasteiger partial charge in [-0.05, 0) is 0 Å². The van der Waals surface area contributed by atoms with Crippen LogP contribution < -0.4 is 20.3 Å². The van der Waals surface area contributed by atoms with Crippen molar-refractivity contribution in [1.82, 2.24) is 20.4 Å². The van der Waals surface area contributed by atoms with Gasteiger partial charge in [0.15, 0.2) is 0 Å². The quantitative estimate of drug-likeness (QED) is 0.670. The van der Waals surface area contributed by atoms with Crippen LogP contribution in [-0.4, -0.2) is 42.4 Å². The molecule has 0 saturated heterocycles. The van der Waals surface area contributed by atoms with Crippen molar-refractivity contribution in [2.75, 3.05) is 26.8 Å². The van der Waals surface area contributed by atoms with Crippen molar-refractivity contribution in [3.8, 4) is 12.0 Å². The number of aromatic nitrogens is 3. The fraction of sp³-hybridized carbons (Fsp3) is 0.429. The zero-order valence-electron chi connectivity index (χ0n) is 8.97. The van der Waals surface area contributed by atoms with Crippen LogP contribution in [0.2, 0.25) is 0 Å². The number of nitrogens with one attached hydrogen (secondary N) is 2. The second kappa shape index (κ2) is 5.53. The number of carbonyl (C=O) groups is 1. The number of ether oxygens (including phenoxy) is 3. The summed E-state index contributed by atoms with van der Waals surface area (Å²) >= 11 is 0. The standard InChI is InChI=1S/C7H11N5O4/c1-14-5-8-4(9-6(10-5)15-2)11-12-7(13)16-3/h1-3H3,(H,12,13)(H,8,9,10,11). The van der Waals surface area contributed by atoms with E-state index in [1.165, 1.54) is 21.3 Å². The first kappa shape index (κ1) is 11.8. The normalized spacial score (nSPS) is 9.19. The maximum absolute atomic E-state index is 10.8. The van der Waals surface area contributed by atoms with E-state index in [0.29, 0.717) is 0 Å². The summed E-state index contributed by atoms with van der Waals surface area (Å²) in [5.74, 6) is 0.0640. The van der Waals surface area contributed by atoms with Crippen molar-refractivity contribution in [1.29, 1.82) is 0 Å². The molecule has 0 aliphatic rings. The Bertz CT molecular complexity index is 350. The molecule has 1 aromatic heterocycles. The van der Waals surface area contributed by atoms with Crippen molar-refractivity contribution in [2.24, 2.45) is 0 Å². The zero-order valence-corrected chi connectivity index (χ0v) is 8.97. The van der Waals surface area contributed by atoms with Crippen molar-refractivity contribution in [3.05, 3.63) is 0 Å². The van der Waals surface area contributed by atoms with Crippen LogP contribution in [0, 0.1) is 0 Å². The number of hydrogen-bond acceptors (Lipinski definition) is 8. The summed E-state index contributed by atoms with van der Waals surface area (Å²) in [7, 11) is 4.02. The number of carbonyl (C=O) groups excluding carboxylic acids is 1. The Balaban J connectivity index is 2.74. The lowest BCUT2D eigenvalue weighted by molar-refractivity contribution is 0.173. The molecule has 0 fully saturated rings. The van der Waals surface area contributed by atoms with Crippen LogP contribution in [0.15, 0.2) is 0 Å². The maximum Gasteiger partial charge on any atom is 0.425 e. The molecule has 16 heavy (non-hydrogen) atoms. The number of amides is 1. The highest BCUT2D eigenvalue weighted by Crippen LogP contribution is 2.10. The van der Waals surface area contributed by atoms with Gasteiger partial charge >= 0.3 is 18.1 Å². The van der Waals surface area contributed by atoms with Crippen molar-refractivity contribution >= 4 is 12.0 Å². The molecule has 1 aromatic rings. The smallest absolute Gasteiger partial charge is 0.425 e. The van der Waals surface area contributed by atoms with Gasteiger partial charge in [0.05, 0.1) is 21.3 Å². The highest BCUT2D eigenvalue weighted by Gasteiger charge is 2.07. The molecule has 0 aliphatic heterocycles. The minimum absolute atomic E-state index is 0.0565. The molecule has 1 amide bonds. The monoisotopic (exact) mass is 229 g/mol. The summed E-state index contributed by atoms with van der Waals surface area (Å²) in [5.41, 5.74) is 4.57. The number of methoxy groups -OCH3 is 3. The van der Waals surface area contributed by atoms with Crippen LogP contribution in [0.3, 0.4) is 0 Å². The van der Waals surface area contributed by atoms with Crippen LogP contribution in [0.5, 0.6) is 12.0 Å². The van der Waals surface area contributed by atoms with Gasteiger partial charge in [-0.25, -0.2) is 10.2 Å². The molecular weight excluding hydrogens is 218 g/mol. The average Bonchev–Trinajstić information content (AvgIpc) is 2.35. The Labute approximate surface area is 91.1 Å². The third-order valence-electron chi connectivity index (χ3n) is 1.42. The summed E-state index contributed by atoms with van der Waals surface area (Å²) < 4.78 is 13.9. The molecule has 0 unspecified atom stereocenters. The van der Waals surface area contributed by atoms with Crippen LogP contribution in [-0.2, 0) is 4.74 Å². The van der Waals surface area contributed by atoms with E-state index < -0.39 is 6.09 Å². The maximum atomic E-state index is 10.8. The highest BCUT2D eigenvalue weighted by atomic mass is 16.5. The van der Waals surface area contributed by atoms with E-state index in [2.05, 4.69) is 30.5 Å². The second-order valence-corrected chi connectivity index (χ2v) is 2.37. The molecule has 9 nitrogen and oxygen atoms in total. The van der Waals surface area contributed by atoms with Crippen LogP contribution in [0.4, 0.5) is 10.7 Å². The Kier molecular flexibility index (Phi) is 4.07. The van der Waals surface area contributed by atoms with Gasteiger partial charge in [-0.3, -0.25) is 5.43 Å². The Hall–Kier alpha value is -2.32. The number of hydrogen-bond donors (Lipinski definition) is 2. The number of anilines is 1. The molecule has 1 rings (SSSR count). The van der Waals surface area contributed by atoms with E-state index >= 15 is 0 Å². The van der Waals surface area contributed by atoms with Gasteiger partial charge in [-0.1, -0.05) is 0 Å². The number of hydrazine groups is 1. The summed E-state index contributed by atoms with van der Waals surface area (Å²) in [5, 5.41) is 0. The zero-order chi connectivity index (χ0) is 12.0. The molecule has 0 spiro atoms. The van der Waals surface area contributed by atoms with E-state index in [0.717, 1.165) is 0 Å². The first-order chi connectivity index (χ1) is 7.69. The predicted molar refractivity (Wildman–Crippen MR) is 52.1 cm³/mol. The molecule has 0 radical (unpaired) electrons. The molecule has 1 heterocycles. The van der Waals surface area contributed by atoms with E-state index in [4.69, 9.17) is 9.47 Å². The van der Waals surface area contributed by atoms with Gasteiger partial charge in [0.2, 0.25) is 0 Å². The first-order valence-electron chi connectivity index (χ1n) is 4.13. The predicted octanol–water partition coefficient (Wildman–Crippen LogP) is -0.428. The number of rotatable bonds is 4. The van der Waals surface area contributed by atoms with E-state index in [-0.39, 0.29) is 18.0 Å². The van der Waals surface area contributed by atoms with Gasteiger partial charge in [-0.15, -0.1) is 4.98 Å². The van der Waals surface area contributed by atoms with Crippen LogP contribution >= 0.6 is 0 Å². The molecule has 88 valence electrons. The largest absolute Gasteiger partial charge is 0.467 e. The lowest BCUT2D eigenvalue weighted by Gasteiger charge is -2.07. The molecule has 0 aliphatic carbocycles. The minimum Gasteiger partial charge on any atom is -0.467 e. The van der Waals surface area contributed by atoms with Gasteiger partial charge < -0.3 is 14.2 Å². The number of nitrogens with zero attached hydrogens (tertiary/aromatic N) is 3. The van der Waals surface area contributed by atoms with Crippen molar-refractivity contribution in [2.45, 2.75) is 0 Å². The molecule has 2 N–H and O–H groups in total. The van der Waals surface area contributed by atoms with E-state index in [1.807, 2.05) is 0 Å². The van der Waals surface area contributed by atoms with E-state index in [9.17, 15) is 4.79 Å². The van der Waals surface area contributed by atoms with E-state index in [1.54, 1.807) is 0 Å². The Morgan fingerprint density at radius 1 is 1.06 bits per heavy atom. The summed E-state index contributed by atoms with van der Waals surface area (Å²) in [6.07, 6.45) is -0.682. The average molecular weight is 229 g/mol. The summed E-state index contributed by atoms with van der Waals surface area (Å²) in [4.78, 5) is 22.1. The van der Waals surface area contributed by atoms with Crippen LogP contribution in [0.25, 0.3) is 0 Å². The lowest BCUT2D eigenvalue weighted by atomic mass is 10.9. The van der Waals surface area contributed by atoms with Crippen LogP contribution in [0.1, 0.15) is 0 Å². The highest BCUT2D eigenvalue weighted by molar-refractivity contribution is 5.68. The molecular formula is C7H11N5O4. The third-order valence-corrected chi connectivity index (χ3v) is 1.42. The first-order valence-corrected chi connectivity index (χ1v) is 4.13.